The molecule has 0 radical (unpaired) electrons. The summed E-state index contributed by atoms with van der Waals surface area (Å²) >= 11 is 0. The maximum atomic E-state index is 4.94. The molecule has 0 aliphatic heterocycles. The molecule has 0 aliphatic rings. The number of hydrogen-bond acceptors (Lipinski definition) is 2. The molecule has 0 bridgehead atoms. The highest BCUT2D eigenvalue weighted by molar-refractivity contribution is 5.83. The molecule has 2 nitrogen and oxygen atoms in total. The van der Waals surface area contributed by atoms with Crippen molar-refractivity contribution in [3.05, 3.63) is 129 Å². The second-order valence-electron chi connectivity index (χ2n) is 9.45. The van der Waals surface area contributed by atoms with E-state index in [9.17, 15) is 0 Å². The van der Waals surface area contributed by atoms with Crippen molar-refractivity contribution in [2.45, 2.75) is 59.8 Å². The molecule has 4 aromatic carbocycles. The van der Waals surface area contributed by atoms with Crippen molar-refractivity contribution in [1.29, 1.82) is 0 Å². The quantitative estimate of drug-likeness (QED) is 0.200. The Morgan fingerprint density at radius 2 is 0.811 bits per heavy atom. The molecule has 0 fully saturated rings. The molecular formula is C35H38N2. The van der Waals surface area contributed by atoms with Gasteiger partial charge < -0.3 is 0 Å². The van der Waals surface area contributed by atoms with Crippen LogP contribution in [0.15, 0.2) is 94.9 Å². The van der Waals surface area contributed by atoms with E-state index in [4.69, 9.17) is 9.98 Å². The predicted molar refractivity (Wildman–Crippen MR) is 161 cm³/mol. The van der Waals surface area contributed by atoms with Gasteiger partial charge in [0.1, 0.15) is 0 Å². The van der Waals surface area contributed by atoms with Gasteiger partial charge in [0.25, 0.3) is 0 Å². The van der Waals surface area contributed by atoms with Crippen LogP contribution in [0.1, 0.15) is 72.2 Å². The molecule has 0 spiro atoms. The zero-order valence-corrected chi connectivity index (χ0v) is 22.7. The Hall–Kier alpha value is -3.78. The molecule has 0 heterocycles. The van der Waals surface area contributed by atoms with Crippen molar-refractivity contribution in [2.24, 2.45) is 9.98 Å². The summed E-state index contributed by atoms with van der Waals surface area (Å²) in [7, 11) is 0. The molecule has 188 valence electrons. The lowest BCUT2D eigenvalue weighted by Crippen LogP contribution is -1.99. The first kappa shape index (κ1) is 26.3. The fourth-order valence-electron chi connectivity index (χ4n) is 4.87. The normalized spacial score (nSPS) is 11.6. The molecule has 37 heavy (non-hydrogen) atoms. The zero-order chi connectivity index (χ0) is 26.0. The van der Waals surface area contributed by atoms with E-state index in [1.807, 2.05) is 24.6 Å². The van der Waals surface area contributed by atoms with Gasteiger partial charge in [0.2, 0.25) is 0 Å². The SMILES string of the molecule is CCc1cc(Cc2cc(CC)c(/N=C/c3ccccc3)c(CC)c2)cc(CC)c1/N=C\c1ccccc1. The monoisotopic (exact) mass is 486 g/mol. The molecule has 4 aromatic rings. The number of rotatable bonds is 10. The minimum Gasteiger partial charge on any atom is -0.256 e. The van der Waals surface area contributed by atoms with Crippen molar-refractivity contribution < 1.29 is 0 Å². The van der Waals surface area contributed by atoms with Crippen LogP contribution in [0.25, 0.3) is 0 Å². The maximum Gasteiger partial charge on any atom is 0.0693 e. The molecular weight excluding hydrogens is 448 g/mol. The van der Waals surface area contributed by atoms with E-state index in [2.05, 4.69) is 100 Å². The third-order valence-electron chi connectivity index (χ3n) is 6.87. The highest BCUT2D eigenvalue weighted by atomic mass is 14.7. The molecule has 0 saturated heterocycles. The van der Waals surface area contributed by atoms with Crippen LogP contribution in [0.3, 0.4) is 0 Å². The van der Waals surface area contributed by atoms with Crippen molar-refractivity contribution in [3.8, 4) is 0 Å². The van der Waals surface area contributed by atoms with Crippen molar-refractivity contribution in [2.75, 3.05) is 0 Å². The Bertz CT molecular complexity index is 1210. The molecule has 4 rings (SSSR count). The van der Waals surface area contributed by atoms with E-state index in [1.165, 1.54) is 33.4 Å². The van der Waals surface area contributed by atoms with E-state index in [0.29, 0.717) is 0 Å². The average molecular weight is 487 g/mol. The first-order valence-corrected chi connectivity index (χ1v) is 13.6. The maximum absolute atomic E-state index is 4.94. The highest BCUT2D eigenvalue weighted by Crippen LogP contribution is 2.32. The second kappa shape index (κ2) is 13.0. The van der Waals surface area contributed by atoms with Crippen LogP contribution < -0.4 is 0 Å². The molecule has 0 amide bonds. The van der Waals surface area contributed by atoms with Crippen LogP contribution >= 0.6 is 0 Å². The molecule has 0 aromatic heterocycles. The van der Waals surface area contributed by atoms with E-state index in [0.717, 1.165) is 54.6 Å². The second-order valence-corrected chi connectivity index (χ2v) is 9.45. The van der Waals surface area contributed by atoms with Crippen LogP contribution in [-0.2, 0) is 32.1 Å². The van der Waals surface area contributed by atoms with Crippen molar-refractivity contribution >= 4 is 23.8 Å². The summed E-state index contributed by atoms with van der Waals surface area (Å²) in [6.07, 6.45) is 8.77. The first-order valence-electron chi connectivity index (χ1n) is 13.6. The zero-order valence-electron chi connectivity index (χ0n) is 22.7. The minimum absolute atomic E-state index is 0.922. The Balaban J connectivity index is 1.65. The number of aliphatic imine (C=N–C) groups is 2. The Kier molecular flexibility index (Phi) is 9.21. The summed E-state index contributed by atoms with van der Waals surface area (Å²) < 4.78 is 0. The summed E-state index contributed by atoms with van der Waals surface area (Å²) in [5.41, 5.74) is 12.5. The smallest absolute Gasteiger partial charge is 0.0693 e. The lowest BCUT2D eigenvalue weighted by molar-refractivity contribution is 1.03. The fraction of sp³-hybridized carbons (Fsp3) is 0.257. The van der Waals surface area contributed by atoms with Crippen LogP contribution in [0.2, 0.25) is 0 Å². The van der Waals surface area contributed by atoms with Gasteiger partial charge in [-0.25, -0.2) is 0 Å². The van der Waals surface area contributed by atoms with Gasteiger partial charge >= 0.3 is 0 Å². The van der Waals surface area contributed by atoms with Crippen LogP contribution in [0, 0.1) is 0 Å². The third kappa shape index (κ3) is 6.71. The summed E-state index contributed by atoms with van der Waals surface area (Å²) in [4.78, 5) is 9.87. The van der Waals surface area contributed by atoms with E-state index < -0.39 is 0 Å². The molecule has 0 atom stereocenters. The van der Waals surface area contributed by atoms with Gasteiger partial charge in [-0.1, -0.05) is 113 Å². The van der Waals surface area contributed by atoms with Crippen molar-refractivity contribution in [3.63, 3.8) is 0 Å². The lowest BCUT2D eigenvalue weighted by atomic mass is 9.92. The van der Waals surface area contributed by atoms with Crippen molar-refractivity contribution in [1.82, 2.24) is 0 Å². The molecule has 0 unspecified atom stereocenters. The Labute approximate surface area is 222 Å². The molecule has 0 saturated carbocycles. The average Bonchev–Trinajstić information content (AvgIpc) is 2.95. The van der Waals surface area contributed by atoms with Gasteiger partial charge in [-0.05, 0) is 76.6 Å². The highest BCUT2D eigenvalue weighted by Gasteiger charge is 2.12. The molecule has 0 N–H and O–H groups in total. The largest absolute Gasteiger partial charge is 0.256 e. The van der Waals surface area contributed by atoms with E-state index in [1.54, 1.807) is 0 Å². The number of benzene rings is 4. The van der Waals surface area contributed by atoms with Crippen LogP contribution in [0.4, 0.5) is 11.4 Å². The third-order valence-corrected chi connectivity index (χ3v) is 6.87. The topological polar surface area (TPSA) is 24.7 Å². The van der Waals surface area contributed by atoms with Gasteiger partial charge in [0.15, 0.2) is 0 Å². The predicted octanol–water partition coefficient (Wildman–Crippen LogP) is 9.03. The fourth-order valence-corrected chi connectivity index (χ4v) is 4.87. The molecule has 2 heteroatoms. The van der Waals surface area contributed by atoms with E-state index >= 15 is 0 Å². The summed E-state index contributed by atoms with van der Waals surface area (Å²) in [5.74, 6) is 0. The van der Waals surface area contributed by atoms with Gasteiger partial charge in [0.05, 0.1) is 11.4 Å². The van der Waals surface area contributed by atoms with Gasteiger partial charge in [-0.3, -0.25) is 9.98 Å². The van der Waals surface area contributed by atoms with Crippen LogP contribution in [-0.4, -0.2) is 12.4 Å². The standard InChI is InChI=1S/C35H38N2/c1-5-30-20-28(21-31(6-2)34(30)36-24-26-15-11-9-12-16-26)19-29-22-32(7-3)35(33(8-4)23-29)37-25-27-17-13-10-14-18-27/h9-18,20-25H,5-8,19H2,1-4H3/b36-24-,37-25+. The minimum atomic E-state index is 0.922. The number of nitrogens with zero attached hydrogens (tertiary/aromatic N) is 2. The first-order chi connectivity index (χ1) is 18.1. The number of aryl methyl sites for hydroxylation is 4. The summed E-state index contributed by atoms with van der Waals surface area (Å²) in [6.45, 7) is 8.90. The molecule has 0 aliphatic carbocycles. The number of hydrogen-bond donors (Lipinski definition) is 0. The lowest BCUT2D eigenvalue weighted by Gasteiger charge is -2.15. The summed E-state index contributed by atoms with van der Waals surface area (Å²) in [5, 5.41) is 0. The Morgan fingerprint density at radius 1 is 0.486 bits per heavy atom. The Morgan fingerprint density at radius 3 is 1.11 bits per heavy atom. The van der Waals surface area contributed by atoms with E-state index in [-0.39, 0.29) is 0 Å². The summed E-state index contributed by atoms with van der Waals surface area (Å²) in [6, 6.07) is 30.1. The van der Waals surface area contributed by atoms with Gasteiger partial charge in [0, 0.05) is 12.4 Å². The van der Waals surface area contributed by atoms with Gasteiger partial charge in [-0.2, -0.15) is 0 Å². The van der Waals surface area contributed by atoms with Gasteiger partial charge in [-0.15, -0.1) is 0 Å². The van der Waals surface area contributed by atoms with Crippen LogP contribution in [0.5, 0.6) is 0 Å².